The second-order valence-electron chi connectivity index (χ2n) is 4.49. The average Bonchev–Trinajstić information content (AvgIpc) is 2.28. The second-order valence-corrected chi connectivity index (χ2v) is 6.92. The third kappa shape index (κ3) is 3.98. The van der Waals surface area contributed by atoms with Crippen molar-refractivity contribution in [2.45, 2.75) is 27.7 Å². The standard InChI is InChI=1S/C13H14Cl2O4S/c1-7(2)8(3)10-5-6-11(13(14)16)9(4)12(10)19-20(15,17)18/h5-6H,1-4H3. The smallest absolute Gasteiger partial charge is 0.370 e. The Kier molecular flexibility index (Phi) is 5.24. The Labute approximate surface area is 128 Å². The summed E-state index contributed by atoms with van der Waals surface area (Å²) in [5.74, 6) is 0.0187. The van der Waals surface area contributed by atoms with Crippen LogP contribution in [0.3, 0.4) is 0 Å². The number of allylic oxidation sites excluding steroid dienone is 2. The van der Waals surface area contributed by atoms with Gasteiger partial charge in [0.05, 0.1) is 10.7 Å². The molecule has 0 radical (unpaired) electrons. The van der Waals surface area contributed by atoms with Crippen LogP contribution in [0.25, 0.3) is 5.57 Å². The number of halogens is 2. The van der Waals surface area contributed by atoms with Gasteiger partial charge in [-0.1, -0.05) is 11.6 Å². The minimum Gasteiger partial charge on any atom is -0.370 e. The molecule has 1 aromatic rings. The number of hydrogen-bond donors (Lipinski definition) is 0. The van der Waals surface area contributed by atoms with Gasteiger partial charge in [0.15, 0.2) is 5.75 Å². The lowest BCUT2D eigenvalue weighted by molar-refractivity contribution is 0.108. The zero-order chi connectivity index (χ0) is 15.7. The molecule has 0 saturated heterocycles. The molecular formula is C13H14Cl2O4S. The fraction of sp³-hybridized carbons (Fsp3) is 0.308. The minimum atomic E-state index is -4.23. The molecular weight excluding hydrogens is 323 g/mol. The van der Waals surface area contributed by atoms with Gasteiger partial charge < -0.3 is 4.18 Å². The van der Waals surface area contributed by atoms with E-state index in [4.69, 9.17) is 26.5 Å². The third-order valence-corrected chi connectivity index (χ3v) is 3.71. The summed E-state index contributed by atoms with van der Waals surface area (Å²) in [6.07, 6.45) is 0. The van der Waals surface area contributed by atoms with Crippen LogP contribution >= 0.6 is 22.3 Å². The molecule has 7 heteroatoms. The van der Waals surface area contributed by atoms with Gasteiger partial charge >= 0.3 is 9.33 Å². The van der Waals surface area contributed by atoms with E-state index in [2.05, 4.69) is 0 Å². The summed E-state index contributed by atoms with van der Waals surface area (Å²) in [6, 6.07) is 3.11. The quantitative estimate of drug-likeness (QED) is 0.778. The fourth-order valence-corrected chi connectivity index (χ4v) is 2.48. The number of carbonyl (C=O) groups excluding carboxylic acids is 1. The van der Waals surface area contributed by atoms with Gasteiger partial charge in [0.2, 0.25) is 0 Å². The number of benzene rings is 1. The lowest BCUT2D eigenvalue weighted by Gasteiger charge is -2.15. The van der Waals surface area contributed by atoms with Crippen molar-refractivity contribution >= 4 is 42.4 Å². The minimum absolute atomic E-state index is 0.0187. The SMILES string of the molecule is CC(C)=C(C)c1ccc(C(=O)Cl)c(C)c1OS(=O)(=O)Cl. The monoisotopic (exact) mass is 336 g/mol. The molecule has 0 spiro atoms. The Morgan fingerprint density at radius 2 is 1.65 bits per heavy atom. The van der Waals surface area contributed by atoms with Gasteiger partial charge in [-0.2, -0.15) is 8.42 Å². The predicted molar refractivity (Wildman–Crippen MR) is 80.7 cm³/mol. The van der Waals surface area contributed by atoms with Crippen LogP contribution in [-0.2, 0) is 9.33 Å². The van der Waals surface area contributed by atoms with Gasteiger partial charge in [-0.05, 0) is 50.9 Å². The van der Waals surface area contributed by atoms with Crippen LogP contribution < -0.4 is 4.18 Å². The van der Waals surface area contributed by atoms with Gasteiger partial charge in [-0.3, -0.25) is 4.79 Å². The maximum absolute atomic E-state index is 11.3. The molecule has 4 nitrogen and oxygen atoms in total. The molecule has 0 bridgehead atoms. The third-order valence-electron chi connectivity index (χ3n) is 2.95. The topological polar surface area (TPSA) is 60.4 Å². The van der Waals surface area contributed by atoms with Crippen molar-refractivity contribution in [2.24, 2.45) is 0 Å². The van der Waals surface area contributed by atoms with Crippen LogP contribution in [0, 0.1) is 6.92 Å². The Hall–Kier alpha value is -1.04. The van der Waals surface area contributed by atoms with Gasteiger partial charge in [0, 0.05) is 16.7 Å². The summed E-state index contributed by atoms with van der Waals surface area (Å²) in [4.78, 5) is 11.3. The van der Waals surface area contributed by atoms with E-state index < -0.39 is 14.6 Å². The van der Waals surface area contributed by atoms with Crippen molar-refractivity contribution < 1.29 is 17.4 Å². The highest BCUT2D eigenvalue weighted by atomic mass is 35.7. The molecule has 0 aromatic heterocycles. The first-order valence-corrected chi connectivity index (χ1v) is 8.27. The zero-order valence-electron chi connectivity index (χ0n) is 11.5. The van der Waals surface area contributed by atoms with Gasteiger partial charge in [0.25, 0.3) is 5.24 Å². The van der Waals surface area contributed by atoms with Gasteiger partial charge in [0.1, 0.15) is 0 Å². The Morgan fingerprint density at radius 3 is 2.05 bits per heavy atom. The van der Waals surface area contributed by atoms with Crippen LogP contribution in [-0.4, -0.2) is 13.7 Å². The molecule has 1 rings (SSSR count). The Morgan fingerprint density at radius 1 is 1.15 bits per heavy atom. The van der Waals surface area contributed by atoms with Crippen molar-refractivity contribution in [3.63, 3.8) is 0 Å². The lowest BCUT2D eigenvalue weighted by Crippen LogP contribution is -2.07. The summed E-state index contributed by atoms with van der Waals surface area (Å²) in [5, 5.41) is -0.694. The van der Waals surface area contributed by atoms with E-state index in [1.165, 1.54) is 6.07 Å². The van der Waals surface area contributed by atoms with Crippen LogP contribution in [0.4, 0.5) is 0 Å². The molecule has 0 aliphatic heterocycles. The van der Waals surface area contributed by atoms with E-state index in [-0.39, 0.29) is 11.3 Å². The van der Waals surface area contributed by atoms with E-state index >= 15 is 0 Å². The van der Waals surface area contributed by atoms with Crippen molar-refractivity contribution in [3.05, 3.63) is 34.4 Å². The first kappa shape index (κ1) is 17.0. The largest absolute Gasteiger partial charge is 0.401 e. The summed E-state index contributed by atoms with van der Waals surface area (Å²) in [7, 11) is 0.915. The molecule has 0 aliphatic rings. The van der Waals surface area contributed by atoms with E-state index in [0.29, 0.717) is 11.1 Å². The highest BCUT2D eigenvalue weighted by Crippen LogP contribution is 2.35. The summed E-state index contributed by atoms with van der Waals surface area (Å²) in [6.45, 7) is 7.13. The first-order chi connectivity index (χ1) is 9.04. The highest BCUT2D eigenvalue weighted by Gasteiger charge is 2.20. The van der Waals surface area contributed by atoms with Gasteiger partial charge in [-0.25, -0.2) is 0 Å². The molecule has 0 amide bonds. The molecule has 0 unspecified atom stereocenters. The molecule has 20 heavy (non-hydrogen) atoms. The Balaban J connectivity index is 3.66. The van der Waals surface area contributed by atoms with Crippen LogP contribution in [0.5, 0.6) is 5.75 Å². The second kappa shape index (κ2) is 6.16. The summed E-state index contributed by atoms with van der Waals surface area (Å²) >= 11 is 5.46. The molecule has 0 fully saturated rings. The first-order valence-electron chi connectivity index (χ1n) is 5.66. The van der Waals surface area contributed by atoms with Gasteiger partial charge in [-0.15, -0.1) is 0 Å². The van der Waals surface area contributed by atoms with Crippen LogP contribution in [0.2, 0.25) is 0 Å². The van der Waals surface area contributed by atoms with Crippen molar-refractivity contribution in [3.8, 4) is 5.75 Å². The molecule has 0 atom stereocenters. The molecule has 1 aromatic carbocycles. The van der Waals surface area contributed by atoms with Crippen molar-refractivity contribution in [1.29, 1.82) is 0 Å². The molecule has 0 heterocycles. The lowest BCUT2D eigenvalue weighted by atomic mass is 9.97. The maximum atomic E-state index is 11.3. The van der Waals surface area contributed by atoms with Crippen LogP contribution in [0.15, 0.2) is 17.7 Å². The van der Waals surface area contributed by atoms with E-state index in [1.807, 2.05) is 20.8 Å². The maximum Gasteiger partial charge on any atom is 0.401 e. The fourth-order valence-electron chi connectivity index (χ4n) is 1.68. The number of carbonyl (C=O) groups is 1. The van der Waals surface area contributed by atoms with E-state index in [1.54, 1.807) is 13.0 Å². The summed E-state index contributed by atoms with van der Waals surface area (Å²) < 4.78 is 27.2. The molecule has 0 saturated carbocycles. The molecule has 110 valence electrons. The summed E-state index contributed by atoms with van der Waals surface area (Å²) in [5.41, 5.74) is 2.86. The van der Waals surface area contributed by atoms with E-state index in [9.17, 15) is 13.2 Å². The zero-order valence-corrected chi connectivity index (χ0v) is 13.8. The van der Waals surface area contributed by atoms with Crippen molar-refractivity contribution in [2.75, 3.05) is 0 Å². The molecule has 0 aliphatic carbocycles. The Bertz CT molecular complexity index is 687. The predicted octanol–water partition coefficient (Wildman–Crippen LogP) is 4.05. The molecule has 0 N–H and O–H groups in total. The van der Waals surface area contributed by atoms with Crippen molar-refractivity contribution in [1.82, 2.24) is 0 Å². The highest BCUT2D eigenvalue weighted by molar-refractivity contribution is 8.10. The normalized spacial score (nSPS) is 11.1. The number of hydrogen-bond acceptors (Lipinski definition) is 4. The van der Waals surface area contributed by atoms with E-state index in [0.717, 1.165) is 11.1 Å². The van der Waals surface area contributed by atoms with Crippen LogP contribution in [0.1, 0.15) is 42.3 Å². The number of rotatable bonds is 4. The average molecular weight is 337 g/mol.